The summed E-state index contributed by atoms with van der Waals surface area (Å²) in [6.45, 7) is 0.836. The lowest BCUT2D eigenvalue weighted by atomic mass is 10.3. The maximum absolute atomic E-state index is 10.4. The molecule has 0 aliphatic rings. The molecule has 0 aliphatic carbocycles. The lowest BCUT2D eigenvalue weighted by Crippen LogP contribution is -2.20. The average Bonchev–Trinajstić information content (AvgIpc) is 2.70. The van der Waals surface area contributed by atoms with Gasteiger partial charge in [0.25, 0.3) is 0 Å². The van der Waals surface area contributed by atoms with Crippen molar-refractivity contribution in [2.45, 2.75) is 0 Å². The molecular weight excluding hydrogens is 234 g/mol. The minimum Gasteiger partial charge on any atom is -0.399 e. The van der Waals surface area contributed by atoms with Gasteiger partial charge in [-0.1, -0.05) is 0 Å². The number of hydrogen-bond donors (Lipinski definition) is 4. The summed E-state index contributed by atoms with van der Waals surface area (Å²) in [5.41, 5.74) is 13.0. The summed E-state index contributed by atoms with van der Waals surface area (Å²) in [5.74, 6) is 0.160. The number of nitrogen functional groups attached to an aromatic ring is 1. The Morgan fingerprint density at radius 1 is 1.50 bits per heavy atom. The Labute approximate surface area is 104 Å². The van der Waals surface area contributed by atoms with Crippen LogP contribution in [0.3, 0.4) is 0 Å². The molecule has 0 atom stereocenters. The summed E-state index contributed by atoms with van der Waals surface area (Å²) in [6.07, 6.45) is 0. The Morgan fingerprint density at radius 3 is 3.11 bits per heavy atom. The van der Waals surface area contributed by atoms with Crippen molar-refractivity contribution in [2.75, 3.05) is 30.8 Å². The van der Waals surface area contributed by atoms with Crippen LogP contribution >= 0.6 is 0 Å². The van der Waals surface area contributed by atoms with Crippen LogP contribution in [0.1, 0.15) is 0 Å². The summed E-state index contributed by atoms with van der Waals surface area (Å²) < 4.78 is 5.01. The number of carbonyl (C=O) groups excluding carboxylic acids is 1. The molecule has 1 amide bonds. The predicted molar refractivity (Wildman–Crippen MR) is 69.0 cm³/mol. The molecule has 96 valence electrons. The Bertz CT molecular complexity index is 551. The number of anilines is 2. The van der Waals surface area contributed by atoms with E-state index in [0.717, 1.165) is 11.0 Å². The summed E-state index contributed by atoms with van der Waals surface area (Å²) in [5, 5.41) is 3.04. The Hall–Kier alpha value is -2.28. The topological polar surface area (TPSA) is 119 Å². The predicted octanol–water partition coefficient (Wildman–Crippen LogP) is 0.0589. The fourth-order valence-electron chi connectivity index (χ4n) is 1.53. The number of nitrogens with zero attached hydrogens (tertiary/aromatic N) is 1. The number of imidazole rings is 1. The van der Waals surface area contributed by atoms with Crippen LogP contribution in [0.4, 0.5) is 11.6 Å². The van der Waals surface area contributed by atoms with E-state index in [2.05, 4.69) is 15.3 Å². The number of aromatic nitrogens is 2. The van der Waals surface area contributed by atoms with E-state index in [1.807, 2.05) is 12.1 Å². The Kier molecular flexibility index (Phi) is 3.63. The van der Waals surface area contributed by atoms with E-state index >= 15 is 0 Å². The lowest BCUT2D eigenvalue weighted by Gasteiger charge is -2.02. The first kappa shape index (κ1) is 12.2. The second-order valence-electron chi connectivity index (χ2n) is 3.81. The fourth-order valence-corrected chi connectivity index (χ4v) is 1.53. The summed E-state index contributed by atoms with van der Waals surface area (Å²) in [7, 11) is 0. The number of hydrogen-bond acceptors (Lipinski definition) is 5. The third-order valence-corrected chi connectivity index (χ3v) is 2.29. The van der Waals surface area contributed by atoms with Crippen molar-refractivity contribution in [3.05, 3.63) is 18.2 Å². The molecule has 7 heteroatoms. The van der Waals surface area contributed by atoms with Crippen LogP contribution < -0.4 is 16.8 Å². The number of rotatable bonds is 6. The molecule has 0 unspecified atom stereocenters. The molecule has 18 heavy (non-hydrogen) atoms. The first-order chi connectivity index (χ1) is 8.65. The Balaban J connectivity index is 1.86. The molecule has 0 fully saturated rings. The number of benzene rings is 1. The largest absolute Gasteiger partial charge is 0.399 e. The van der Waals surface area contributed by atoms with Gasteiger partial charge in [-0.2, -0.15) is 0 Å². The first-order valence-electron chi connectivity index (χ1n) is 5.50. The van der Waals surface area contributed by atoms with Crippen LogP contribution in [0.2, 0.25) is 0 Å². The van der Waals surface area contributed by atoms with E-state index in [-0.39, 0.29) is 6.61 Å². The van der Waals surface area contributed by atoms with Gasteiger partial charge in [0.05, 0.1) is 17.6 Å². The summed E-state index contributed by atoms with van der Waals surface area (Å²) >= 11 is 0. The highest BCUT2D eigenvalue weighted by atomic mass is 16.5. The van der Waals surface area contributed by atoms with E-state index in [1.165, 1.54) is 0 Å². The van der Waals surface area contributed by atoms with Crippen LogP contribution in [0.25, 0.3) is 11.0 Å². The minimum absolute atomic E-state index is 0.0711. The molecule has 0 spiro atoms. The van der Waals surface area contributed by atoms with Gasteiger partial charge in [-0.15, -0.1) is 0 Å². The second-order valence-corrected chi connectivity index (χ2v) is 3.81. The number of aromatic amines is 1. The van der Waals surface area contributed by atoms with Crippen LogP contribution in [0.5, 0.6) is 0 Å². The van der Waals surface area contributed by atoms with E-state index < -0.39 is 5.91 Å². The molecule has 0 saturated heterocycles. The zero-order chi connectivity index (χ0) is 13.0. The SMILES string of the molecule is NC(=O)COCCNc1nc2ccc(N)cc2[nH]1. The number of fused-ring (bicyclic) bond motifs is 1. The number of nitrogens with one attached hydrogen (secondary N) is 2. The number of amides is 1. The highest BCUT2D eigenvalue weighted by molar-refractivity contribution is 5.80. The number of nitrogens with two attached hydrogens (primary N) is 2. The molecule has 1 aromatic carbocycles. The molecule has 0 bridgehead atoms. The van der Waals surface area contributed by atoms with Gasteiger partial charge in [0, 0.05) is 12.2 Å². The summed E-state index contributed by atoms with van der Waals surface area (Å²) in [6, 6.07) is 5.45. The number of H-pyrrole nitrogens is 1. The molecule has 0 saturated carbocycles. The number of carbonyl (C=O) groups is 1. The van der Waals surface area contributed by atoms with Crippen LogP contribution in [-0.2, 0) is 9.53 Å². The van der Waals surface area contributed by atoms with Gasteiger partial charge >= 0.3 is 0 Å². The highest BCUT2D eigenvalue weighted by Crippen LogP contribution is 2.16. The molecule has 6 N–H and O–H groups in total. The standard InChI is InChI=1S/C11H15N5O2/c12-7-1-2-8-9(5-7)16-11(15-8)14-3-4-18-6-10(13)17/h1-2,5H,3-4,6,12H2,(H2,13,17)(H2,14,15,16). The quantitative estimate of drug-likeness (QED) is 0.426. The monoisotopic (exact) mass is 249 g/mol. The maximum Gasteiger partial charge on any atom is 0.243 e. The number of primary amides is 1. The highest BCUT2D eigenvalue weighted by Gasteiger charge is 2.02. The smallest absolute Gasteiger partial charge is 0.243 e. The minimum atomic E-state index is -0.478. The number of ether oxygens (including phenoxy) is 1. The van der Waals surface area contributed by atoms with Crippen molar-refractivity contribution >= 4 is 28.6 Å². The summed E-state index contributed by atoms with van der Waals surface area (Å²) in [4.78, 5) is 17.8. The molecule has 1 heterocycles. The van der Waals surface area contributed by atoms with Crippen molar-refractivity contribution in [1.29, 1.82) is 0 Å². The van der Waals surface area contributed by atoms with E-state index in [0.29, 0.717) is 24.8 Å². The molecule has 7 nitrogen and oxygen atoms in total. The third kappa shape index (κ3) is 3.11. The van der Waals surface area contributed by atoms with Crippen molar-refractivity contribution < 1.29 is 9.53 Å². The first-order valence-corrected chi connectivity index (χ1v) is 5.50. The molecular formula is C11H15N5O2. The molecule has 0 aliphatic heterocycles. The van der Waals surface area contributed by atoms with Crippen LogP contribution in [-0.4, -0.2) is 35.6 Å². The van der Waals surface area contributed by atoms with E-state index in [1.54, 1.807) is 6.07 Å². The van der Waals surface area contributed by atoms with Crippen molar-refractivity contribution in [1.82, 2.24) is 9.97 Å². The second kappa shape index (κ2) is 5.37. The van der Waals surface area contributed by atoms with Gasteiger partial charge in [0.15, 0.2) is 0 Å². The van der Waals surface area contributed by atoms with Gasteiger partial charge in [0.2, 0.25) is 11.9 Å². The molecule has 0 radical (unpaired) electrons. The van der Waals surface area contributed by atoms with Crippen LogP contribution in [0.15, 0.2) is 18.2 Å². The van der Waals surface area contributed by atoms with Gasteiger partial charge < -0.3 is 26.5 Å². The molecule has 2 aromatic rings. The normalized spacial score (nSPS) is 10.7. The van der Waals surface area contributed by atoms with E-state index in [9.17, 15) is 4.79 Å². The van der Waals surface area contributed by atoms with Gasteiger partial charge in [-0.05, 0) is 18.2 Å². The Morgan fingerprint density at radius 2 is 2.33 bits per heavy atom. The zero-order valence-electron chi connectivity index (χ0n) is 9.77. The third-order valence-electron chi connectivity index (χ3n) is 2.29. The van der Waals surface area contributed by atoms with Gasteiger partial charge in [-0.25, -0.2) is 4.98 Å². The zero-order valence-corrected chi connectivity index (χ0v) is 9.77. The maximum atomic E-state index is 10.4. The van der Waals surface area contributed by atoms with Gasteiger partial charge in [-0.3, -0.25) is 4.79 Å². The van der Waals surface area contributed by atoms with Crippen molar-refractivity contribution in [3.8, 4) is 0 Å². The van der Waals surface area contributed by atoms with Gasteiger partial charge in [0.1, 0.15) is 6.61 Å². The van der Waals surface area contributed by atoms with Crippen molar-refractivity contribution in [3.63, 3.8) is 0 Å². The fraction of sp³-hybridized carbons (Fsp3) is 0.273. The average molecular weight is 249 g/mol. The molecule has 2 rings (SSSR count). The van der Waals surface area contributed by atoms with Crippen LogP contribution in [0, 0.1) is 0 Å². The van der Waals surface area contributed by atoms with E-state index in [4.69, 9.17) is 16.2 Å². The molecule has 1 aromatic heterocycles. The van der Waals surface area contributed by atoms with Crippen molar-refractivity contribution in [2.24, 2.45) is 5.73 Å². The lowest BCUT2D eigenvalue weighted by molar-refractivity contribution is -0.122.